The number of nitrogens with zero attached hydrogens (tertiary/aromatic N) is 2. The molecule has 0 N–H and O–H groups in total. The van der Waals surface area contributed by atoms with Crippen molar-refractivity contribution in [1.29, 1.82) is 0 Å². The first-order valence-corrected chi connectivity index (χ1v) is 6.09. The minimum atomic E-state index is -0.410. The topological polar surface area (TPSA) is 43.6 Å². The summed E-state index contributed by atoms with van der Waals surface area (Å²) in [6.07, 6.45) is 1.77. The van der Waals surface area contributed by atoms with Gasteiger partial charge >= 0.3 is 5.97 Å². The van der Waals surface area contributed by atoms with E-state index in [2.05, 4.69) is 27.6 Å². The Balaban J connectivity index is 2.55. The van der Waals surface area contributed by atoms with E-state index in [1.165, 1.54) is 0 Å². The minimum Gasteiger partial charge on any atom is -0.461 e. The quantitative estimate of drug-likeness (QED) is 0.618. The molecule has 0 spiro atoms. The van der Waals surface area contributed by atoms with Gasteiger partial charge in [-0.1, -0.05) is 11.6 Å². The van der Waals surface area contributed by atoms with Crippen molar-refractivity contribution in [2.24, 2.45) is 0 Å². The van der Waals surface area contributed by atoms with Gasteiger partial charge in [-0.15, -0.1) is 0 Å². The maximum atomic E-state index is 11.6. The van der Waals surface area contributed by atoms with Crippen molar-refractivity contribution < 1.29 is 9.53 Å². The highest BCUT2D eigenvalue weighted by Gasteiger charge is 2.17. The zero-order valence-corrected chi connectivity index (χ0v) is 11.3. The van der Waals surface area contributed by atoms with E-state index in [0.717, 1.165) is 3.70 Å². The number of aromatic nitrogens is 2. The van der Waals surface area contributed by atoms with E-state index in [9.17, 15) is 4.79 Å². The van der Waals surface area contributed by atoms with Crippen molar-refractivity contribution in [3.63, 3.8) is 0 Å². The molecule has 16 heavy (non-hydrogen) atoms. The third-order valence-electron chi connectivity index (χ3n) is 2.00. The Morgan fingerprint density at radius 2 is 2.44 bits per heavy atom. The van der Waals surface area contributed by atoms with Gasteiger partial charge < -0.3 is 4.74 Å². The molecule has 2 aromatic rings. The molecule has 0 aliphatic rings. The smallest absolute Gasteiger partial charge is 0.359 e. The Hall–Kier alpha value is -0.820. The van der Waals surface area contributed by atoms with Gasteiger partial charge in [0.25, 0.3) is 0 Å². The zero-order valence-electron chi connectivity index (χ0n) is 8.41. The molecule has 2 aromatic heterocycles. The molecule has 0 saturated carbocycles. The Bertz CT molecular complexity index is 553. The first-order chi connectivity index (χ1) is 7.63. The average molecular weight is 351 g/mol. The number of pyridine rings is 1. The Labute approximate surface area is 111 Å². The van der Waals surface area contributed by atoms with E-state index >= 15 is 0 Å². The minimum absolute atomic E-state index is 0.324. The van der Waals surface area contributed by atoms with Crippen LogP contribution in [-0.2, 0) is 4.74 Å². The van der Waals surface area contributed by atoms with Crippen molar-refractivity contribution in [3.05, 3.63) is 32.7 Å². The molecule has 6 heteroatoms. The second-order valence-electron chi connectivity index (χ2n) is 3.04. The van der Waals surface area contributed by atoms with Crippen LogP contribution in [0.5, 0.6) is 0 Å². The summed E-state index contributed by atoms with van der Waals surface area (Å²) in [5.74, 6) is -0.410. The molecule has 4 nitrogen and oxygen atoms in total. The molecule has 0 aliphatic heterocycles. The van der Waals surface area contributed by atoms with Gasteiger partial charge in [0.2, 0.25) is 0 Å². The summed E-state index contributed by atoms with van der Waals surface area (Å²) >= 11 is 7.91. The molecule has 84 valence electrons. The summed E-state index contributed by atoms with van der Waals surface area (Å²) in [7, 11) is 0. The van der Waals surface area contributed by atoms with Crippen molar-refractivity contribution in [1.82, 2.24) is 9.38 Å². The number of fused-ring (bicyclic) bond motifs is 1. The van der Waals surface area contributed by atoms with Gasteiger partial charge in [-0.05, 0) is 35.6 Å². The van der Waals surface area contributed by atoms with Crippen LogP contribution in [0.15, 0.2) is 18.3 Å². The SMILES string of the molecule is CCOC(=O)c1nc2cc(Cl)ccn2c1I. The number of hydrogen-bond donors (Lipinski definition) is 0. The Morgan fingerprint density at radius 1 is 1.69 bits per heavy atom. The number of carbonyl (C=O) groups is 1. The number of rotatable bonds is 2. The van der Waals surface area contributed by atoms with Gasteiger partial charge in [0.05, 0.1) is 6.61 Å². The van der Waals surface area contributed by atoms with Gasteiger partial charge in [-0.2, -0.15) is 0 Å². The fourth-order valence-corrected chi connectivity index (χ4v) is 2.22. The number of esters is 1. The van der Waals surface area contributed by atoms with Crippen molar-refractivity contribution >= 4 is 45.8 Å². The van der Waals surface area contributed by atoms with Gasteiger partial charge in [0, 0.05) is 17.3 Å². The zero-order chi connectivity index (χ0) is 11.7. The molecule has 0 aromatic carbocycles. The van der Waals surface area contributed by atoms with Crippen LogP contribution in [-0.4, -0.2) is 22.0 Å². The van der Waals surface area contributed by atoms with Crippen LogP contribution in [0, 0.1) is 3.70 Å². The largest absolute Gasteiger partial charge is 0.461 e. The predicted octanol–water partition coefficient (Wildman–Crippen LogP) is 2.77. The summed E-state index contributed by atoms with van der Waals surface area (Å²) in [5.41, 5.74) is 0.963. The summed E-state index contributed by atoms with van der Waals surface area (Å²) in [4.78, 5) is 15.8. The Morgan fingerprint density at radius 3 is 3.12 bits per heavy atom. The number of carbonyl (C=O) groups excluding carboxylic acids is 1. The third kappa shape index (κ3) is 2.01. The fourth-order valence-electron chi connectivity index (χ4n) is 1.32. The summed E-state index contributed by atoms with van der Waals surface area (Å²) in [6.45, 7) is 2.10. The van der Waals surface area contributed by atoms with Gasteiger partial charge in [-0.3, -0.25) is 4.40 Å². The second kappa shape index (κ2) is 4.58. The van der Waals surface area contributed by atoms with Crippen LogP contribution in [0.1, 0.15) is 17.4 Å². The van der Waals surface area contributed by atoms with E-state index < -0.39 is 5.97 Å². The molecule has 0 unspecified atom stereocenters. The maximum Gasteiger partial charge on any atom is 0.359 e. The molecular weight excluding hydrogens is 342 g/mol. The highest BCUT2D eigenvalue weighted by molar-refractivity contribution is 14.1. The van der Waals surface area contributed by atoms with E-state index in [1.807, 2.05) is 0 Å². The predicted molar refractivity (Wildman–Crippen MR) is 68.9 cm³/mol. The fraction of sp³-hybridized carbons (Fsp3) is 0.200. The lowest BCUT2D eigenvalue weighted by Crippen LogP contribution is -2.06. The van der Waals surface area contributed by atoms with Crippen molar-refractivity contribution in [3.8, 4) is 0 Å². The molecule has 0 fully saturated rings. The Kier molecular flexibility index (Phi) is 3.34. The van der Waals surface area contributed by atoms with Gasteiger partial charge in [0.15, 0.2) is 5.69 Å². The molecule has 0 atom stereocenters. The number of imidazole rings is 1. The second-order valence-corrected chi connectivity index (χ2v) is 4.50. The molecule has 2 heterocycles. The highest BCUT2D eigenvalue weighted by atomic mass is 127. The summed E-state index contributed by atoms with van der Waals surface area (Å²) in [6, 6.07) is 3.44. The van der Waals surface area contributed by atoms with E-state index in [4.69, 9.17) is 16.3 Å². The lowest BCUT2D eigenvalue weighted by Gasteiger charge is -1.97. The van der Waals surface area contributed by atoms with Crippen LogP contribution < -0.4 is 0 Å². The van der Waals surface area contributed by atoms with Gasteiger partial charge in [0.1, 0.15) is 9.35 Å². The lowest BCUT2D eigenvalue weighted by atomic mass is 10.5. The summed E-state index contributed by atoms with van der Waals surface area (Å²) < 4.78 is 7.43. The van der Waals surface area contributed by atoms with Crippen molar-refractivity contribution in [2.75, 3.05) is 6.61 Å². The molecule has 2 rings (SSSR count). The average Bonchev–Trinajstić information content (AvgIpc) is 2.56. The van der Waals surface area contributed by atoms with E-state index in [-0.39, 0.29) is 0 Å². The molecule has 0 saturated heterocycles. The highest BCUT2D eigenvalue weighted by Crippen LogP contribution is 2.19. The van der Waals surface area contributed by atoms with Crippen LogP contribution in [0.25, 0.3) is 5.65 Å². The van der Waals surface area contributed by atoms with Gasteiger partial charge in [-0.25, -0.2) is 9.78 Å². The van der Waals surface area contributed by atoms with E-state index in [0.29, 0.717) is 23.0 Å². The van der Waals surface area contributed by atoms with Crippen molar-refractivity contribution in [2.45, 2.75) is 6.92 Å². The molecule has 0 bridgehead atoms. The van der Waals surface area contributed by atoms with Crippen LogP contribution in [0.4, 0.5) is 0 Å². The first kappa shape index (κ1) is 11.7. The number of ether oxygens (including phenoxy) is 1. The number of hydrogen-bond acceptors (Lipinski definition) is 3. The number of halogens is 2. The standard InChI is InChI=1S/C10H8ClIN2O2/c1-2-16-10(15)8-9(12)14-4-3-6(11)5-7(14)13-8/h3-5H,2H2,1H3. The monoisotopic (exact) mass is 350 g/mol. The lowest BCUT2D eigenvalue weighted by molar-refractivity contribution is 0.0519. The molecule has 0 aliphatic carbocycles. The van der Waals surface area contributed by atoms with Crippen LogP contribution >= 0.6 is 34.2 Å². The summed E-state index contributed by atoms with van der Waals surface area (Å²) in [5, 5.41) is 0.587. The molecular formula is C10H8ClIN2O2. The normalized spacial score (nSPS) is 10.7. The maximum absolute atomic E-state index is 11.6. The van der Waals surface area contributed by atoms with Crippen LogP contribution in [0.3, 0.4) is 0 Å². The first-order valence-electron chi connectivity index (χ1n) is 4.63. The molecule has 0 amide bonds. The third-order valence-corrected chi connectivity index (χ3v) is 3.26. The molecule has 0 radical (unpaired) electrons. The van der Waals surface area contributed by atoms with Crippen LogP contribution in [0.2, 0.25) is 5.02 Å². The van der Waals surface area contributed by atoms with E-state index in [1.54, 1.807) is 29.7 Å².